The smallest absolute Gasteiger partial charge is 0.262 e. The topological polar surface area (TPSA) is 102 Å². The molecule has 8 nitrogen and oxygen atoms in total. The molecule has 1 aromatic heterocycles. The van der Waals surface area contributed by atoms with Crippen molar-refractivity contribution in [2.24, 2.45) is 0 Å². The lowest BCUT2D eigenvalue weighted by molar-refractivity contribution is 0.102. The average Bonchev–Trinajstić information content (AvgIpc) is 3.34. The Morgan fingerprint density at radius 2 is 1.85 bits per heavy atom. The van der Waals surface area contributed by atoms with Crippen LogP contribution in [0.15, 0.2) is 84.0 Å². The number of nitrogens with one attached hydrogen (secondary N) is 2. The number of carbonyl (C=O) groups excluding carboxylic acids is 1. The van der Waals surface area contributed by atoms with Crippen LogP contribution in [-0.4, -0.2) is 31.2 Å². The van der Waals surface area contributed by atoms with E-state index in [0.717, 1.165) is 0 Å². The number of benzene rings is 3. The molecule has 2 N–H and O–H groups in total. The first-order valence-corrected chi connectivity index (χ1v) is 11.6. The van der Waals surface area contributed by atoms with Crippen molar-refractivity contribution in [2.75, 3.05) is 17.1 Å². The van der Waals surface area contributed by atoms with E-state index in [1.165, 1.54) is 54.4 Å². The van der Waals surface area contributed by atoms with Gasteiger partial charge in [-0.2, -0.15) is 5.10 Å². The molecule has 0 aliphatic carbocycles. The minimum Gasteiger partial charge on any atom is -0.495 e. The van der Waals surface area contributed by atoms with Crippen molar-refractivity contribution in [2.45, 2.75) is 11.8 Å². The van der Waals surface area contributed by atoms with Crippen molar-refractivity contribution in [3.8, 4) is 11.4 Å². The molecule has 0 spiro atoms. The van der Waals surface area contributed by atoms with Gasteiger partial charge in [-0.25, -0.2) is 17.5 Å². The van der Waals surface area contributed by atoms with E-state index in [4.69, 9.17) is 4.74 Å². The molecule has 34 heavy (non-hydrogen) atoms. The van der Waals surface area contributed by atoms with Crippen molar-refractivity contribution in [3.63, 3.8) is 0 Å². The lowest BCUT2D eigenvalue weighted by Gasteiger charge is -2.14. The Balaban J connectivity index is 1.58. The summed E-state index contributed by atoms with van der Waals surface area (Å²) in [6.45, 7) is 1.63. The molecule has 0 radical (unpaired) electrons. The highest BCUT2D eigenvalue weighted by atomic mass is 32.2. The van der Waals surface area contributed by atoms with Crippen LogP contribution in [0.1, 0.15) is 15.9 Å². The van der Waals surface area contributed by atoms with Crippen LogP contribution in [0.3, 0.4) is 0 Å². The van der Waals surface area contributed by atoms with Gasteiger partial charge in [0.1, 0.15) is 11.4 Å². The van der Waals surface area contributed by atoms with E-state index >= 15 is 0 Å². The summed E-state index contributed by atoms with van der Waals surface area (Å²) in [7, 11) is -2.58. The maximum atomic E-state index is 14.5. The second kappa shape index (κ2) is 9.36. The predicted molar refractivity (Wildman–Crippen MR) is 126 cm³/mol. The Labute approximate surface area is 196 Å². The monoisotopic (exact) mass is 480 g/mol. The number of aryl methyl sites for hydroxylation is 1. The van der Waals surface area contributed by atoms with Crippen LogP contribution in [0.5, 0.6) is 5.75 Å². The molecule has 0 atom stereocenters. The highest BCUT2D eigenvalue weighted by Gasteiger charge is 2.21. The Morgan fingerprint density at radius 1 is 1.06 bits per heavy atom. The fourth-order valence-corrected chi connectivity index (χ4v) is 4.69. The lowest BCUT2D eigenvalue weighted by atomic mass is 10.1. The molecule has 0 fully saturated rings. The number of aromatic nitrogens is 2. The normalized spacial score (nSPS) is 11.1. The molecule has 0 aliphatic heterocycles. The van der Waals surface area contributed by atoms with E-state index in [9.17, 15) is 17.6 Å². The Kier molecular flexibility index (Phi) is 6.33. The van der Waals surface area contributed by atoms with Gasteiger partial charge >= 0.3 is 0 Å². The molecular formula is C24H21FN4O4S. The number of halogens is 1. The molecule has 0 saturated carbocycles. The molecule has 1 heterocycles. The van der Waals surface area contributed by atoms with E-state index in [-0.39, 0.29) is 27.5 Å². The largest absolute Gasteiger partial charge is 0.495 e. The third-order valence-corrected chi connectivity index (χ3v) is 6.56. The summed E-state index contributed by atoms with van der Waals surface area (Å²) in [4.78, 5) is 12.7. The molecule has 10 heteroatoms. The zero-order valence-corrected chi connectivity index (χ0v) is 19.1. The molecular weight excluding hydrogens is 459 g/mol. The van der Waals surface area contributed by atoms with Gasteiger partial charge in [0.25, 0.3) is 15.9 Å². The maximum absolute atomic E-state index is 14.5. The minimum atomic E-state index is -4.02. The number of nitrogens with zero attached hydrogens (tertiary/aromatic N) is 2. The summed E-state index contributed by atoms with van der Waals surface area (Å²) in [6.07, 6.45) is 3.13. The highest BCUT2D eigenvalue weighted by molar-refractivity contribution is 7.92. The number of hydrogen-bond donors (Lipinski definition) is 2. The molecule has 0 bridgehead atoms. The van der Waals surface area contributed by atoms with Gasteiger partial charge in [0, 0.05) is 23.6 Å². The minimum absolute atomic E-state index is 0.0636. The van der Waals surface area contributed by atoms with Gasteiger partial charge in [0.15, 0.2) is 5.82 Å². The molecule has 0 aliphatic rings. The summed E-state index contributed by atoms with van der Waals surface area (Å²) < 4.78 is 49.7. The van der Waals surface area contributed by atoms with Crippen LogP contribution in [0.4, 0.5) is 15.8 Å². The number of sulfonamides is 1. The van der Waals surface area contributed by atoms with E-state index in [1.54, 1.807) is 43.5 Å². The lowest BCUT2D eigenvalue weighted by Crippen LogP contribution is -2.17. The summed E-state index contributed by atoms with van der Waals surface area (Å²) in [6, 6.07) is 16.8. The summed E-state index contributed by atoms with van der Waals surface area (Å²) >= 11 is 0. The van der Waals surface area contributed by atoms with Gasteiger partial charge in [-0.15, -0.1) is 0 Å². The summed E-state index contributed by atoms with van der Waals surface area (Å²) in [5, 5.41) is 6.58. The van der Waals surface area contributed by atoms with Crippen molar-refractivity contribution >= 4 is 27.3 Å². The third-order valence-electron chi connectivity index (χ3n) is 5.05. The molecule has 1 amide bonds. The van der Waals surface area contributed by atoms with E-state index in [1.807, 2.05) is 0 Å². The number of amides is 1. The Morgan fingerprint density at radius 3 is 2.56 bits per heavy atom. The number of hydrogen-bond acceptors (Lipinski definition) is 5. The van der Waals surface area contributed by atoms with Gasteiger partial charge in [0.05, 0.1) is 17.7 Å². The number of para-hydroxylation sites is 2. The van der Waals surface area contributed by atoms with Gasteiger partial charge in [-0.3, -0.25) is 9.52 Å². The molecule has 4 aromatic rings. The molecule has 0 unspecified atom stereocenters. The Bertz CT molecular complexity index is 1450. The number of carbonyl (C=O) groups is 1. The van der Waals surface area contributed by atoms with Crippen LogP contribution < -0.4 is 14.8 Å². The predicted octanol–water partition coefficient (Wildman–Crippen LogP) is 4.38. The van der Waals surface area contributed by atoms with Crippen LogP contribution in [-0.2, 0) is 10.0 Å². The van der Waals surface area contributed by atoms with E-state index in [2.05, 4.69) is 15.1 Å². The van der Waals surface area contributed by atoms with Gasteiger partial charge in [0.2, 0.25) is 0 Å². The molecule has 174 valence electrons. The van der Waals surface area contributed by atoms with Crippen LogP contribution in [0.25, 0.3) is 5.69 Å². The van der Waals surface area contributed by atoms with Crippen molar-refractivity contribution in [3.05, 3.63) is 96.1 Å². The maximum Gasteiger partial charge on any atom is 0.262 e. The summed E-state index contributed by atoms with van der Waals surface area (Å²) in [5.41, 5.74) is 1.27. The number of methoxy groups -OCH3 is 1. The first-order chi connectivity index (χ1) is 16.3. The van der Waals surface area contributed by atoms with E-state index in [0.29, 0.717) is 11.3 Å². The van der Waals surface area contributed by atoms with E-state index < -0.39 is 21.7 Å². The van der Waals surface area contributed by atoms with Crippen LogP contribution in [0.2, 0.25) is 0 Å². The zero-order chi connectivity index (χ0) is 24.3. The van der Waals surface area contributed by atoms with Crippen LogP contribution in [0, 0.1) is 12.7 Å². The number of ether oxygens (including phenoxy) is 1. The van der Waals surface area contributed by atoms with Crippen molar-refractivity contribution in [1.82, 2.24) is 9.78 Å². The molecule has 4 rings (SSSR count). The average molecular weight is 481 g/mol. The quantitative estimate of drug-likeness (QED) is 0.409. The van der Waals surface area contributed by atoms with Crippen molar-refractivity contribution < 1.29 is 22.3 Å². The first-order valence-electron chi connectivity index (χ1n) is 10.2. The fourth-order valence-electron chi connectivity index (χ4n) is 3.34. The van der Waals surface area contributed by atoms with Gasteiger partial charge in [-0.1, -0.05) is 18.2 Å². The number of rotatable bonds is 7. The zero-order valence-electron chi connectivity index (χ0n) is 18.3. The fraction of sp³-hybridized carbons (Fsp3) is 0.0833. The molecule has 0 saturated heterocycles. The van der Waals surface area contributed by atoms with Crippen molar-refractivity contribution in [1.29, 1.82) is 0 Å². The summed E-state index contributed by atoms with van der Waals surface area (Å²) in [5.74, 6) is -0.798. The number of anilines is 2. The second-order valence-electron chi connectivity index (χ2n) is 7.36. The highest BCUT2D eigenvalue weighted by Crippen LogP contribution is 2.28. The molecule has 3 aromatic carbocycles. The van der Waals surface area contributed by atoms with Crippen LogP contribution >= 0.6 is 0 Å². The standard InChI is InChI=1S/C24H21FN4O4S/c1-16-8-9-17(14-23(16)34(31,32)28-20-6-3-4-7-22(20)33-2)24(30)27-18-10-11-21(19(25)15-18)29-13-5-12-26-29/h3-15,28H,1-2H3,(H,27,30). The SMILES string of the molecule is COc1ccccc1NS(=O)(=O)c1cc(C(=O)Nc2ccc(-n3cccn3)c(F)c2)ccc1C. The second-order valence-corrected chi connectivity index (χ2v) is 9.01. The third kappa shape index (κ3) is 4.76. The Hall–Kier alpha value is -4.18. The van der Waals surface area contributed by atoms with Gasteiger partial charge < -0.3 is 10.1 Å². The first kappa shape index (κ1) is 23.0. The van der Waals surface area contributed by atoms with Gasteiger partial charge in [-0.05, 0) is 61.0 Å².